The van der Waals surface area contributed by atoms with Crippen molar-refractivity contribution in [3.63, 3.8) is 0 Å². The van der Waals surface area contributed by atoms with Gasteiger partial charge in [-0.15, -0.1) is 12.4 Å². The minimum absolute atomic E-state index is 0. The van der Waals surface area contributed by atoms with Crippen LogP contribution in [-0.2, 0) is 9.59 Å². The predicted molar refractivity (Wildman–Crippen MR) is 80.9 cm³/mol. The zero-order valence-electron chi connectivity index (χ0n) is 12.0. The minimum Gasteiger partial charge on any atom is -0.356 e. The molecule has 0 spiro atoms. The summed E-state index contributed by atoms with van der Waals surface area (Å²) in [5, 5.41) is 9.14. The zero-order valence-corrected chi connectivity index (χ0v) is 12.8. The molecule has 5 nitrogen and oxygen atoms in total. The van der Waals surface area contributed by atoms with E-state index in [0.717, 1.165) is 38.8 Å². The van der Waals surface area contributed by atoms with Crippen molar-refractivity contribution in [3.8, 4) is 0 Å². The number of rotatable bonds is 8. The summed E-state index contributed by atoms with van der Waals surface area (Å²) in [5.41, 5.74) is 0. The Bertz CT molecular complexity index is 316. The first-order valence-electron chi connectivity index (χ1n) is 7.51. The largest absolute Gasteiger partial charge is 0.356 e. The summed E-state index contributed by atoms with van der Waals surface area (Å²) in [6.45, 7) is 2.75. The second-order valence-electron chi connectivity index (χ2n) is 5.69. The Morgan fingerprint density at radius 1 is 1.10 bits per heavy atom. The van der Waals surface area contributed by atoms with Crippen molar-refractivity contribution in [3.05, 3.63) is 0 Å². The Balaban J connectivity index is 0.00000200. The van der Waals surface area contributed by atoms with Crippen LogP contribution in [0.4, 0.5) is 0 Å². The Morgan fingerprint density at radius 2 is 1.90 bits per heavy atom. The molecule has 1 atom stereocenters. The molecule has 0 bridgehead atoms. The highest BCUT2D eigenvalue weighted by atomic mass is 35.5. The number of amides is 2. The van der Waals surface area contributed by atoms with Gasteiger partial charge < -0.3 is 16.0 Å². The van der Waals surface area contributed by atoms with E-state index in [1.165, 1.54) is 6.42 Å². The molecule has 2 fully saturated rings. The number of halogens is 1. The standard InChI is InChI=1S/C14H25N3O2.ClH/c18-13(6-3-11-7-9-15-10-11)16-8-1-2-14(19)17-12-4-5-12;/h11-12,15H,1-10H2,(H,16,18)(H,17,19);1H. The molecule has 116 valence electrons. The molecule has 1 heterocycles. The Hall–Kier alpha value is -0.810. The molecule has 0 aromatic carbocycles. The zero-order chi connectivity index (χ0) is 13.5. The van der Waals surface area contributed by atoms with E-state index in [1.54, 1.807) is 0 Å². The third-order valence-electron chi connectivity index (χ3n) is 3.79. The fourth-order valence-electron chi connectivity index (χ4n) is 2.39. The lowest BCUT2D eigenvalue weighted by Crippen LogP contribution is -2.28. The molecule has 2 rings (SSSR count). The van der Waals surface area contributed by atoms with Crippen LogP contribution in [0.2, 0.25) is 0 Å². The van der Waals surface area contributed by atoms with Crippen molar-refractivity contribution in [2.24, 2.45) is 5.92 Å². The van der Waals surface area contributed by atoms with E-state index in [-0.39, 0.29) is 24.2 Å². The van der Waals surface area contributed by atoms with Crippen molar-refractivity contribution in [2.45, 2.75) is 51.0 Å². The molecule has 0 aromatic heterocycles. The average molecular weight is 304 g/mol. The van der Waals surface area contributed by atoms with Crippen LogP contribution in [0.1, 0.15) is 44.9 Å². The quantitative estimate of drug-likeness (QED) is 0.585. The first-order valence-corrected chi connectivity index (χ1v) is 7.51. The average Bonchev–Trinajstić information content (AvgIpc) is 3.05. The molecule has 2 aliphatic rings. The maximum Gasteiger partial charge on any atom is 0.220 e. The summed E-state index contributed by atoms with van der Waals surface area (Å²) in [5.74, 6) is 0.901. The van der Waals surface area contributed by atoms with E-state index in [9.17, 15) is 9.59 Å². The first kappa shape index (κ1) is 17.2. The molecule has 1 saturated carbocycles. The van der Waals surface area contributed by atoms with Gasteiger partial charge in [-0.05, 0) is 51.1 Å². The van der Waals surface area contributed by atoms with Crippen molar-refractivity contribution in [2.75, 3.05) is 19.6 Å². The predicted octanol–water partition coefficient (Wildman–Crippen LogP) is 0.973. The van der Waals surface area contributed by atoms with Gasteiger partial charge in [0.1, 0.15) is 0 Å². The molecule has 1 saturated heterocycles. The van der Waals surface area contributed by atoms with Crippen molar-refractivity contribution in [1.82, 2.24) is 16.0 Å². The Kier molecular flexibility index (Phi) is 7.92. The van der Waals surface area contributed by atoms with Gasteiger partial charge in [0.25, 0.3) is 0 Å². The number of hydrogen-bond donors (Lipinski definition) is 3. The molecule has 0 radical (unpaired) electrons. The summed E-state index contributed by atoms with van der Waals surface area (Å²) in [4.78, 5) is 23.0. The van der Waals surface area contributed by atoms with Gasteiger partial charge in [-0.3, -0.25) is 9.59 Å². The van der Waals surface area contributed by atoms with E-state index in [0.29, 0.717) is 31.3 Å². The first-order chi connectivity index (χ1) is 9.24. The van der Waals surface area contributed by atoms with Crippen LogP contribution < -0.4 is 16.0 Å². The molecule has 3 N–H and O–H groups in total. The monoisotopic (exact) mass is 303 g/mol. The van der Waals surface area contributed by atoms with Crippen molar-refractivity contribution in [1.29, 1.82) is 0 Å². The van der Waals surface area contributed by atoms with Crippen LogP contribution in [0.5, 0.6) is 0 Å². The summed E-state index contributed by atoms with van der Waals surface area (Å²) in [7, 11) is 0. The van der Waals surface area contributed by atoms with E-state index < -0.39 is 0 Å². The fourth-order valence-corrected chi connectivity index (χ4v) is 2.39. The van der Waals surface area contributed by atoms with Gasteiger partial charge in [0, 0.05) is 25.4 Å². The fraction of sp³-hybridized carbons (Fsp3) is 0.857. The molecule has 20 heavy (non-hydrogen) atoms. The van der Waals surface area contributed by atoms with Gasteiger partial charge in [0.15, 0.2) is 0 Å². The highest BCUT2D eigenvalue weighted by molar-refractivity contribution is 5.85. The lowest BCUT2D eigenvalue weighted by atomic mass is 10.0. The minimum atomic E-state index is 0. The van der Waals surface area contributed by atoms with E-state index in [2.05, 4.69) is 16.0 Å². The molecule has 1 aliphatic carbocycles. The lowest BCUT2D eigenvalue weighted by Gasteiger charge is -2.08. The number of carbonyl (C=O) groups is 2. The second-order valence-corrected chi connectivity index (χ2v) is 5.69. The van der Waals surface area contributed by atoms with E-state index in [4.69, 9.17) is 0 Å². The van der Waals surface area contributed by atoms with Gasteiger partial charge in [-0.25, -0.2) is 0 Å². The van der Waals surface area contributed by atoms with Gasteiger partial charge >= 0.3 is 0 Å². The van der Waals surface area contributed by atoms with Gasteiger partial charge in [0.2, 0.25) is 11.8 Å². The Morgan fingerprint density at radius 3 is 2.55 bits per heavy atom. The van der Waals surface area contributed by atoms with Crippen molar-refractivity contribution >= 4 is 24.2 Å². The molecular formula is C14H26ClN3O2. The topological polar surface area (TPSA) is 70.2 Å². The number of hydrogen-bond acceptors (Lipinski definition) is 3. The van der Waals surface area contributed by atoms with Crippen LogP contribution in [-0.4, -0.2) is 37.5 Å². The highest BCUT2D eigenvalue weighted by Crippen LogP contribution is 2.18. The molecule has 6 heteroatoms. The summed E-state index contributed by atoms with van der Waals surface area (Å²) in [6, 6.07) is 0.433. The lowest BCUT2D eigenvalue weighted by molar-refractivity contribution is -0.123. The number of nitrogens with one attached hydrogen (secondary N) is 3. The van der Waals surface area contributed by atoms with Crippen LogP contribution in [0.25, 0.3) is 0 Å². The second kappa shape index (κ2) is 9.19. The van der Waals surface area contributed by atoms with Crippen LogP contribution in [0, 0.1) is 5.92 Å². The SMILES string of the molecule is Cl.O=C(CCC1CCNC1)NCCCC(=O)NC1CC1. The van der Waals surface area contributed by atoms with Gasteiger partial charge in [-0.1, -0.05) is 0 Å². The van der Waals surface area contributed by atoms with Crippen LogP contribution in [0.15, 0.2) is 0 Å². The van der Waals surface area contributed by atoms with Gasteiger partial charge in [-0.2, -0.15) is 0 Å². The summed E-state index contributed by atoms with van der Waals surface area (Å²) in [6.07, 6.45) is 6.27. The molecule has 1 unspecified atom stereocenters. The third-order valence-corrected chi connectivity index (χ3v) is 3.79. The summed E-state index contributed by atoms with van der Waals surface area (Å²) >= 11 is 0. The molecule has 0 aromatic rings. The van der Waals surface area contributed by atoms with Gasteiger partial charge in [0.05, 0.1) is 0 Å². The highest BCUT2D eigenvalue weighted by Gasteiger charge is 2.22. The third kappa shape index (κ3) is 7.10. The van der Waals surface area contributed by atoms with E-state index in [1.807, 2.05) is 0 Å². The number of carbonyl (C=O) groups excluding carboxylic acids is 2. The summed E-state index contributed by atoms with van der Waals surface area (Å²) < 4.78 is 0. The normalized spacial score (nSPS) is 21.1. The molecular weight excluding hydrogens is 278 g/mol. The Labute approximate surface area is 127 Å². The van der Waals surface area contributed by atoms with Crippen LogP contribution >= 0.6 is 12.4 Å². The maximum atomic E-state index is 11.6. The van der Waals surface area contributed by atoms with E-state index >= 15 is 0 Å². The molecule has 1 aliphatic heterocycles. The van der Waals surface area contributed by atoms with Crippen molar-refractivity contribution < 1.29 is 9.59 Å². The molecule has 2 amide bonds. The van der Waals surface area contributed by atoms with Crippen LogP contribution in [0.3, 0.4) is 0 Å². The smallest absolute Gasteiger partial charge is 0.220 e. The maximum absolute atomic E-state index is 11.6.